The molecule has 4 nitrogen and oxygen atoms in total. The fourth-order valence-electron chi connectivity index (χ4n) is 3.39. The zero-order valence-corrected chi connectivity index (χ0v) is 12.2. The highest BCUT2D eigenvalue weighted by atomic mass is 35.5. The van der Waals surface area contributed by atoms with Gasteiger partial charge in [-0.05, 0) is 19.9 Å². The molecule has 0 amide bonds. The van der Waals surface area contributed by atoms with Crippen LogP contribution in [-0.2, 0) is 14.3 Å². The Hall–Kier alpha value is -0.840. The van der Waals surface area contributed by atoms with Crippen LogP contribution >= 0.6 is 0 Å². The minimum atomic E-state index is -0.210. The second-order valence-electron chi connectivity index (χ2n) is 5.52. The summed E-state index contributed by atoms with van der Waals surface area (Å²) in [5.74, 6) is -0.210. The molecule has 2 bridgehead atoms. The van der Waals surface area contributed by atoms with Crippen molar-refractivity contribution >= 4 is 5.97 Å². The molecule has 0 aromatic carbocycles. The molecule has 3 atom stereocenters. The number of rotatable bonds is 3. The Bertz CT molecular complexity index is 436. The minimum absolute atomic E-state index is 0. The molecule has 2 saturated heterocycles. The van der Waals surface area contributed by atoms with Crippen molar-refractivity contribution < 1.29 is 31.2 Å². The molecule has 3 aliphatic heterocycles. The molecule has 0 radical (unpaired) electrons. The standard InChI is InChI=1S/C14H20NO3.ClH/c1-3-10(2)14(16)17-8-11-4-6-15-7-5-12(13(11)15)18-9-15;/h3-4,12-13H,5-9H2,1-2H3;1H/q+1;/p-1/b10-3-;/t12-,13?,15?;/m1./s1. The SMILES string of the molecule is C/C=C(/C)C(=O)OCC1=CC[N+]23CC[C@@H](OC2)C13.[Cl-]. The van der Waals surface area contributed by atoms with Gasteiger partial charge in [0.1, 0.15) is 25.3 Å². The molecule has 106 valence electrons. The summed E-state index contributed by atoms with van der Waals surface area (Å²) in [5.41, 5.74) is 1.93. The molecule has 2 unspecified atom stereocenters. The van der Waals surface area contributed by atoms with Crippen molar-refractivity contribution in [3.05, 3.63) is 23.3 Å². The van der Waals surface area contributed by atoms with Crippen LogP contribution in [0.25, 0.3) is 0 Å². The van der Waals surface area contributed by atoms with Crippen LogP contribution in [0.5, 0.6) is 0 Å². The van der Waals surface area contributed by atoms with Crippen LogP contribution < -0.4 is 12.4 Å². The van der Waals surface area contributed by atoms with Crippen LogP contribution in [0.15, 0.2) is 23.3 Å². The molecule has 2 fully saturated rings. The van der Waals surface area contributed by atoms with Gasteiger partial charge in [-0.15, -0.1) is 0 Å². The van der Waals surface area contributed by atoms with E-state index in [9.17, 15) is 4.79 Å². The lowest BCUT2D eigenvalue weighted by Gasteiger charge is -2.29. The summed E-state index contributed by atoms with van der Waals surface area (Å²) in [6, 6.07) is 0.448. The molecular formula is C14H20ClNO3. The number of carbonyl (C=O) groups is 1. The predicted molar refractivity (Wildman–Crippen MR) is 66.6 cm³/mol. The molecule has 0 aromatic heterocycles. The zero-order chi connectivity index (χ0) is 12.8. The van der Waals surface area contributed by atoms with Crippen LogP contribution in [0.3, 0.4) is 0 Å². The highest BCUT2D eigenvalue weighted by molar-refractivity contribution is 5.87. The molecule has 5 heteroatoms. The average molecular weight is 286 g/mol. The van der Waals surface area contributed by atoms with Crippen LogP contribution in [-0.4, -0.2) is 49.0 Å². The fourth-order valence-corrected chi connectivity index (χ4v) is 3.39. The number of carbonyl (C=O) groups excluding carboxylic acids is 1. The first-order valence-corrected chi connectivity index (χ1v) is 6.62. The Morgan fingerprint density at radius 2 is 2.42 bits per heavy atom. The predicted octanol–water partition coefficient (Wildman–Crippen LogP) is -1.61. The average Bonchev–Trinajstić information content (AvgIpc) is 3.02. The van der Waals surface area contributed by atoms with Gasteiger partial charge in [0.05, 0.1) is 6.54 Å². The normalized spacial score (nSPS) is 35.7. The first-order chi connectivity index (χ1) is 8.66. The number of nitrogens with zero attached hydrogens (tertiary/aromatic N) is 1. The van der Waals surface area contributed by atoms with Gasteiger partial charge < -0.3 is 21.9 Å². The lowest BCUT2D eigenvalue weighted by molar-refractivity contribution is -0.926. The topological polar surface area (TPSA) is 35.5 Å². The molecule has 19 heavy (non-hydrogen) atoms. The highest BCUT2D eigenvalue weighted by Gasteiger charge is 2.58. The quantitative estimate of drug-likeness (QED) is 0.271. The highest BCUT2D eigenvalue weighted by Crippen LogP contribution is 2.43. The maximum absolute atomic E-state index is 11.6. The minimum Gasteiger partial charge on any atom is -1.00 e. The van der Waals surface area contributed by atoms with Crippen LogP contribution in [0.1, 0.15) is 20.3 Å². The fraction of sp³-hybridized carbons (Fsp3) is 0.643. The third kappa shape index (κ3) is 2.22. The summed E-state index contributed by atoms with van der Waals surface area (Å²) in [6.07, 6.45) is 5.52. The van der Waals surface area contributed by atoms with E-state index in [-0.39, 0.29) is 18.4 Å². The molecule has 3 rings (SSSR count). The Morgan fingerprint density at radius 1 is 1.63 bits per heavy atom. The maximum Gasteiger partial charge on any atom is 0.333 e. The molecule has 3 aliphatic rings. The van der Waals surface area contributed by atoms with E-state index in [0.717, 1.165) is 24.2 Å². The summed E-state index contributed by atoms with van der Waals surface area (Å²) in [4.78, 5) is 11.6. The molecule has 0 aromatic rings. The number of allylic oxidation sites excluding steroid dienone is 1. The van der Waals surface area contributed by atoms with E-state index >= 15 is 0 Å². The van der Waals surface area contributed by atoms with E-state index in [1.165, 1.54) is 12.1 Å². The van der Waals surface area contributed by atoms with Crippen molar-refractivity contribution in [2.24, 2.45) is 0 Å². The molecule has 0 spiro atoms. The van der Waals surface area contributed by atoms with E-state index in [2.05, 4.69) is 6.08 Å². The van der Waals surface area contributed by atoms with Crippen molar-refractivity contribution in [2.45, 2.75) is 32.4 Å². The van der Waals surface area contributed by atoms with E-state index in [1.54, 1.807) is 13.0 Å². The lowest BCUT2D eigenvalue weighted by Crippen LogP contribution is -3.00. The van der Waals surface area contributed by atoms with Crippen LogP contribution in [0, 0.1) is 0 Å². The summed E-state index contributed by atoms with van der Waals surface area (Å²) in [5, 5.41) is 0. The largest absolute Gasteiger partial charge is 1.00 e. The van der Waals surface area contributed by atoms with Crippen molar-refractivity contribution in [3.8, 4) is 0 Å². The van der Waals surface area contributed by atoms with E-state index in [0.29, 0.717) is 24.3 Å². The van der Waals surface area contributed by atoms with Gasteiger partial charge in [-0.25, -0.2) is 4.79 Å². The number of esters is 1. The summed E-state index contributed by atoms with van der Waals surface area (Å²) >= 11 is 0. The number of ether oxygens (including phenoxy) is 2. The number of hydrogen-bond donors (Lipinski definition) is 0. The first kappa shape index (κ1) is 14.6. The van der Waals surface area contributed by atoms with Gasteiger partial charge in [0.15, 0.2) is 6.73 Å². The van der Waals surface area contributed by atoms with Gasteiger partial charge in [-0.2, -0.15) is 0 Å². The second kappa shape index (κ2) is 5.27. The summed E-state index contributed by atoms with van der Waals surface area (Å²) in [7, 11) is 0. The molecule has 3 heterocycles. The van der Waals surface area contributed by atoms with Crippen molar-refractivity contribution in [1.29, 1.82) is 0 Å². The van der Waals surface area contributed by atoms with Crippen LogP contribution in [0.2, 0.25) is 0 Å². The Kier molecular flexibility index (Phi) is 4.04. The van der Waals surface area contributed by atoms with Gasteiger partial charge >= 0.3 is 5.97 Å². The van der Waals surface area contributed by atoms with Gasteiger partial charge in [0.2, 0.25) is 0 Å². The number of halogens is 1. The van der Waals surface area contributed by atoms with Crippen molar-refractivity contribution in [1.82, 2.24) is 0 Å². The smallest absolute Gasteiger partial charge is 0.333 e. The first-order valence-electron chi connectivity index (χ1n) is 6.62. The molecule has 0 saturated carbocycles. The number of quaternary nitrogens is 1. The zero-order valence-electron chi connectivity index (χ0n) is 11.4. The Morgan fingerprint density at radius 3 is 3.05 bits per heavy atom. The summed E-state index contributed by atoms with van der Waals surface area (Å²) < 4.78 is 12.2. The van der Waals surface area contributed by atoms with Crippen molar-refractivity contribution in [2.75, 3.05) is 26.4 Å². The maximum atomic E-state index is 11.6. The molecule has 0 N–H and O–H groups in total. The Balaban J connectivity index is 0.00000133. The van der Waals surface area contributed by atoms with Crippen LogP contribution in [0.4, 0.5) is 0 Å². The second-order valence-corrected chi connectivity index (χ2v) is 5.52. The number of hydrogen-bond acceptors (Lipinski definition) is 3. The van der Waals surface area contributed by atoms with Crippen molar-refractivity contribution in [3.63, 3.8) is 0 Å². The third-order valence-electron chi connectivity index (χ3n) is 4.57. The van der Waals surface area contributed by atoms with E-state index < -0.39 is 0 Å². The Labute approximate surface area is 120 Å². The van der Waals surface area contributed by atoms with Gasteiger partial charge in [-0.1, -0.05) is 6.08 Å². The van der Waals surface area contributed by atoms with Gasteiger partial charge in [0, 0.05) is 17.6 Å². The van der Waals surface area contributed by atoms with E-state index in [1.807, 2.05) is 6.92 Å². The van der Waals surface area contributed by atoms with E-state index in [4.69, 9.17) is 9.47 Å². The molecule has 0 aliphatic carbocycles. The summed E-state index contributed by atoms with van der Waals surface area (Å²) in [6.45, 7) is 7.13. The third-order valence-corrected chi connectivity index (χ3v) is 4.57. The lowest BCUT2D eigenvalue weighted by atomic mass is 10.1. The van der Waals surface area contributed by atoms with Gasteiger partial charge in [-0.3, -0.25) is 4.48 Å². The molecular weight excluding hydrogens is 266 g/mol. The van der Waals surface area contributed by atoms with Gasteiger partial charge in [0.25, 0.3) is 0 Å². The monoisotopic (exact) mass is 285 g/mol.